The first kappa shape index (κ1) is 6.47. The first-order chi connectivity index (χ1) is 5.25. The molecule has 0 fully saturated rings. The van der Waals surface area contributed by atoms with Crippen molar-refractivity contribution >= 4 is 12.2 Å². The molecule has 1 heteroatoms. The molecule has 1 N–H and O–H groups in total. The average molecular weight is 146 g/mol. The molecule has 2 rings (SSSR count). The van der Waals surface area contributed by atoms with Gasteiger partial charge in [0.1, 0.15) is 5.75 Å². The second kappa shape index (κ2) is 2.12. The summed E-state index contributed by atoms with van der Waals surface area (Å²) >= 11 is 0. The first-order valence-corrected chi connectivity index (χ1v) is 3.78. The van der Waals surface area contributed by atoms with Crippen molar-refractivity contribution in [3.8, 4) is 5.75 Å². The number of benzene rings is 1. The van der Waals surface area contributed by atoms with Crippen LogP contribution in [0.15, 0.2) is 18.2 Å². The Morgan fingerprint density at radius 1 is 1.18 bits per heavy atom. The van der Waals surface area contributed by atoms with Gasteiger partial charge in [-0.25, -0.2) is 0 Å². The summed E-state index contributed by atoms with van der Waals surface area (Å²) < 4.78 is 0. The Kier molecular flexibility index (Phi) is 1.25. The molecule has 1 nitrogen and oxygen atoms in total. The molecule has 1 aromatic rings. The maximum Gasteiger partial charge on any atom is 0.116 e. The highest BCUT2D eigenvalue weighted by Gasteiger charge is 2.00. The van der Waals surface area contributed by atoms with E-state index in [4.69, 9.17) is 5.11 Å². The summed E-state index contributed by atoms with van der Waals surface area (Å²) in [5.74, 6) is 0.856. The highest BCUT2D eigenvalue weighted by atomic mass is 16.3. The minimum atomic E-state index is 0.350. The van der Waals surface area contributed by atoms with Crippen molar-refractivity contribution in [2.45, 2.75) is 6.92 Å². The van der Waals surface area contributed by atoms with Crippen LogP contribution in [0, 0.1) is 5.92 Å². The third-order valence-corrected chi connectivity index (χ3v) is 1.96. The van der Waals surface area contributed by atoms with Gasteiger partial charge in [-0.2, -0.15) is 0 Å². The Hall–Kier alpha value is -1.24. The van der Waals surface area contributed by atoms with Crippen LogP contribution in [0.25, 0.3) is 12.2 Å². The van der Waals surface area contributed by atoms with E-state index in [0.29, 0.717) is 11.7 Å². The molecule has 1 aliphatic rings. The summed E-state index contributed by atoms with van der Waals surface area (Å²) in [6.45, 7) is 2.14. The highest BCUT2D eigenvalue weighted by Crippen LogP contribution is 2.05. The fourth-order valence-electron chi connectivity index (χ4n) is 1.47. The predicted molar refractivity (Wildman–Crippen MR) is 45.5 cm³/mol. The number of phenolic OH excluding ortho intramolecular Hbond substituents is 1. The normalized spacial score (nSPS) is 20.3. The molecule has 0 spiro atoms. The van der Waals surface area contributed by atoms with Crippen LogP contribution in [0.1, 0.15) is 6.92 Å². The number of phenols is 1. The van der Waals surface area contributed by atoms with Gasteiger partial charge in [0.2, 0.25) is 0 Å². The van der Waals surface area contributed by atoms with E-state index in [1.165, 1.54) is 5.22 Å². The van der Waals surface area contributed by atoms with Gasteiger partial charge in [0, 0.05) is 0 Å². The highest BCUT2D eigenvalue weighted by molar-refractivity contribution is 5.51. The molecule has 0 aromatic heterocycles. The van der Waals surface area contributed by atoms with Crippen molar-refractivity contribution in [1.29, 1.82) is 0 Å². The molecule has 1 atom stereocenters. The van der Waals surface area contributed by atoms with Crippen molar-refractivity contribution in [3.63, 3.8) is 0 Å². The van der Waals surface area contributed by atoms with E-state index in [1.54, 1.807) is 12.1 Å². The number of aromatic hydroxyl groups is 1. The van der Waals surface area contributed by atoms with Gasteiger partial charge in [-0.05, 0) is 28.5 Å². The number of rotatable bonds is 0. The zero-order chi connectivity index (χ0) is 7.84. The molecule has 11 heavy (non-hydrogen) atoms. The molecule has 0 bridgehead atoms. The van der Waals surface area contributed by atoms with Crippen LogP contribution in [-0.2, 0) is 0 Å². The molecular weight excluding hydrogens is 136 g/mol. The minimum Gasteiger partial charge on any atom is -0.508 e. The minimum absolute atomic E-state index is 0.350. The monoisotopic (exact) mass is 146 g/mol. The lowest BCUT2D eigenvalue weighted by Gasteiger charge is -1.87. The van der Waals surface area contributed by atoms with Gasteiger partial charge < -0.3 is 5.11 Å². The zero-order valence-electron chi connectivity index (χ0n) is 6.41. The first-order valence-electron chi connectivity index (χ1n) is 3.78. The maximum atomic E-state index is 9.15. The topological polar surface area (TPSA) is 20.2 Å². The fourth-order valence-corrected chi connectivity index (χ4v) is 1.47. The molecule has 0 radical (unpaired) electrons. The third-order valence-electron chi connectivity index (χ3n) is 1.96. The van der Waals surface area contributed by atoms with Crippen molar-refractivity contribution in [2.75, 3.05) is 0 Å². The summed E-state index contributed by atoms with van der Waals surface area (Å²) in [7, 11) is 0. The van der Waals surface area contributed by atoms with E-state index in [0.717, 1.165) is 5.22 Å². The summed E-state index contributed by atoms with van der Waals surface area (Å²) in [6, 6.07) is 5.47. The molecular formula is C10H10O. The van der Waals surface area contributed by atoms with Crippen LogP contribution < -0.4 is 10.4 Å². The predicted octanol–water partition coefficient (Wildman–Crippen LogP) is 0.603. The molecule has 1 aromatic carbocycles. The fraction of sp³-hybridized carbons (Fsp3) is 0.200. The molecule has 0 saturated heterocycles. The van der Waals surface area contributed by atoms with Gasteiger partial charge in [0.15, 0.2) is 0 Å². The van der Waals surface area contributed by atoms with E-state index >= 15 is 0 Å². The lowest BCUT2D eigenvalue weighted by Crippen LogP contribution is -2.19. The average Bonchev–Trinajstić information content (AvgIpc) is 2.27. The Labute approximate surface area is 65.3 Å². The standard InChI is InChI=1S/C10H10O/c1-7-4-8-2-3-10(11)6-9(8)5-7/h2-7,11H,1H3. The van der Waals surface area contributed by atoms with Crippen LogP contribution in [0.5, 0.6) is 5.75 Å². The van der Waals surface area contributed by atoms with E-state index in [1.807, 2.05) is 6.07 Å². The molecule has 1 aliphatic carbocycles. The van der Waals surface area contributed by atoms with E-state index in [-0.39, 0.29) is 0 Å². The van der Waals surface area contributed by atoms with E-state index in [9.17, 15) is 0 Å². The Bertz CT molecular complexity index is 390. The van der Waals surface area contributed by atoms with E-state index < -0.39 is 0 Å². The molecule has 0 saturated carbocycles. The van der Waals surface area contributed by atoms with Gasteiger partial charge >= 0.3 is 0 Å². The molecule has 0 aliphatic heterocycles. The second-order valence-electron chi connectivity index (χ2n) is 3.01. The van der Waals surface area contributed by atoms with Gasteiger partial charge in [-0.1, -0.05) is 25.1 Å². The Balaban J connectivity index is 2.78. The quantitative estimate of drug-likeness (QED) is 0.568. The lowest BCUT2D eigenvalue weighted by atomic mass is 10.2. The number of hydrogen-bond donors (Lipinski definition) is 1. The lowest BCUT2D eigenvalue weighted by molar-refractivity contribution is 0.474. The van der Waals surface area contributed by atoms with Crippen molar-refractivity contribution in [1.82, 2.24) is 0 Å². The molecule has 56 valence electrons. The molecule has 1 unspecified atom stereocenters. The smallest absolute Gasteiger partial charge is 0.116 e. The number of fused-ring (bicyclic) bond motifs is 1. The Morgan fingerprint density at radius 2 is 1.91 bits per heavy atom. The van der Waals surface area contributed by atoms with Gasteiger partial charge in [-0.15, -0.1) is 0 Å². The number of hydrogen-bond acceptors (Lipinski definition) is 1. The van der Waals surface area contributed by atoms with Gasteiger partial charge in [0.25, 0.3) is 0 Å². The molecule has 0 amide bonds. The summed E-state index contributed by atoms with van der Waals surface area (Å²) in [5, 5.41) is 11.5. The van der Waals surface area contributed by atoms with Crippen LogP contribution in [0.2, 0.25) is 0 Å². The summed E-state index contributed by atoms with van der Waals surface area (Å²) in [5.41, 5.74) is 0. The largest absolute Gasteiger partial charge is 0.508 e. The SMILES string of the molecule is CC1C=c2ccc(O)cc2=C1. The van der Waals surface area contributed by atoms with Gasteiger partial charge in [0.05, 0.1) is 0 Å². The Morgan fingerprint density at radius 3 is 2.73 bits per heavy atom. The maximum absolute atomic E-state index is 9.15. The molecule has 0 heterocycles. The second-order valence-corrected chi connectivity index (χ2v) is 3.01. The van der Waals surface area contributed by atoms with Crippen LogP contribution in [-0.4, -0.2) is 5.11 Å². The summed E-state index contributed by atoms with van der Waals surface area (Å²) in [6.07, 6.45) is 4.34. The van der Waals surface area contributed by atoms with Crippen LogP contribution in [0.3, 0.4) is 0 Å². The van der Waals surface area contributed by atoms with Crippen LogP contribution in [0.4, 0.5) is 0 Å². The van der Waals surface area contributed by atoms with Crippen molar-refractivity contribution < 1.29 is 5.11 Å². The van der Waals surface area contributed by atoms with Crippen LogP contribution >= 0.6 is 0 Å². The van der Waals surface area contributed by atoms with Crippen molar-refractivity contribution in [2.24, 2.45) is 5.92 Å². The van der Waals surface area contributed by atoms with E-state index in [2.05, 4.69) is 19.1 Å². The van der Waals surface area contributed by atoms with Gasteiger partial charge in [-0.3, -0.25) is 0 Å². The third kappa shape index (κ3) is 1.03. The zero-order valence-corrected chi connectivity index (χ0v) is 6.41. The van der Waals surface area contributed by atoms with Crippen molar-refractivity contribution in [3.05, 3.63) is 28.6 Å². The summed E-state index contributed by atoms with van der Waals surface area (Å²) in [4.78, 5) is 0.